The van der Waals surface area contributed by atoms with Gasteiger partial charge in [-0.25, -0.2) is 8.78 Å². The van der Waals surface area contributed by atoms with Crippen LogP contribution >= 0.6 is 0 Å². The standard InChI is InChI=1S/C11H22F2N2O2/c1-9(2)14-5-3-4-11(16)15-6-7-17-8-10(12)13/h9-10,14H,3-8H2,1-2H3,(H,15,16). The van der Waals surface area contributed by atoms with Gasteiger partial charge in [-0.05, 0) is 13.0 Å². The van der Waals surface area contributed by atoms with E-state index in [1.165, 1.54) is 0 Å². The fraction of sp³-hybridized carbons (Fsp3) is 0.909. The Morgan fingerprint density at radius 3 is 2.59 bits per heavy atom. The molecule has 0 aromatic heterocycles. The molecule has 4 nitrogen and oxygen atoms in total. The molecular weight excluding hydrogens is 230 g/mol. The first-order valence-corrected chi connectivity index (χ1v) is 5.88. The highest BCUT2D eigenvalue weighted by molar-refractivity contribution is 5.75. The van der Waals surface area contributed by atoms with Crippen LogP contribution in [0, 0.1) is 0 Å². The molecule has 0 unspecified atom stereocenters. The molecule has 0 saturated heterocycles. The molecule has 2 N–H and O–H groups in total. The number of amides is 1. The fourth-order valence-corrected chi connectivity index (χ4v) is 1.16. The van der Waals surface area contributed by atoms with Gasteiger partial charge < -0.3 is 15.4 Å². The second-order valence-electron chi connectivity index (χ2n) is 4.03. The molecule has 0 fully saturated rings. The number of nitrogens with one attached hydrogen (secondary N) is 2. The first-order valence-electron chi connectivity index (χ1n) is 5.88. The molecule has 0 heterocycles. The Labute approximate surface area is 101 Å². The Balaban J connectivity index is 3.23. The van der Waals surface area contributed by atoms with Crippen molar-refractivity contribution in [1.82, 2.24) is 10.6 Å². The van der Waals surface area contributed by atoms with E-state index in [0.717, 1.165) is 13.0 Å². The topological polar surface area (TPSA) is 50.4 Å². The van der Waals surface area contributed by atoms with E-state index in [4.69, 9.17) is 0 Å². The van der Waals surface area contributed by atoms with Gasteiger partial charge in [0.25, 0.3) is 6.43 Å². The Bertz CT molecular complexity index is 202. The van der Waals surface area contributed by atoms with Crippen LogP contribution in [-0.4, -0.2) is 44.7 Å². The van der Waals surface area contributed by atoms with Gasteiger partial charge in [-0.2, -0.15) is 0 Å². The predicted octanol–water partition coefficient (Wildman–Crippen LogP) is 1.16. The molecule has 0 aliphatic carbocycles. The minimum atomic E-state index is -2.45. The molecule has 0 spiro atoms. The van der Waals surface area contributed by atoms with Gasteiger partial charge in [0.1, 0.15) is 6.61 Å². The highest BCUT2D eigenvalue weighted by Gasteiger charge is 2.03. The van der Waals surface area contributed by atoms with Gasteiger partial charge in [0.2, 0.25) is 5.91 Å². The van der Waals surface area contributed by atoms with Crippen molar-refractivity contribution in [1.29, 1.82) is 0 Å². The summed E-state index contributed by atoms with van der Waals surface area (Å²) in [6, 6.07) is 0.417. The van der Waals surface area contributed by atoms with Crippen LogP contribution in [0.4, 0.5) is 8.78 Å². The summed E-state index contributed by atoms with van der Waals surface area (Å²) in [6.45, 7) is 4.71. The molecule has 102 valence electrons. The maximum absolute atomic E-state index is 11.7. The molecule has 0 atom stereocenters. The highest BCUT2D eigenvalue weighted by atomic mass is 19.3. The number of carbonyl (C=O) groups is 1. The second kappa shape index (κ2) is 10.4. The van der Waals surface area contributed by atoms with E-state index in [0.29, 0.717) is 12.5 Å². The minimum absolute atomic E-state index is 0.0730. The molecular formula is C11H22F2N2O2. The zero-order valence-electron chi connectivity index (χ0n) is 10.5. The van der Waals surface area contributed by atoms with Crippen molar-refractivity contribution in [2.24, 2.45) is 0 Å². The van der Waals surface area contributed by atoms with E-state index in [2.05, 4.69) is 15.4 Å². The van der Waals surface area contributed by atoms with E-state index in [-0.39, 0.29) is 19.1 Å². The van der Waals surface area contributed by atoms with Crippen molar-refractivity contribution in [3.63, 3.8) is 0 Å². The number of ether oxygens (including phenoxy) is 1. The number of rotatable bonds is 10. The molecule has 6 heteroatoms. The summed E-state index contributed by atoms with van der Waals surface area (Å²) in [7, 11) is 0. The fourth-order valence-electron chi connectivity index (χ4n) is 1.16. The molecule has 0 saturated carbocycles. The van der Waals surface area contributed by atoms with Gasteiger partial charge in [0.05, 0.1) is 6.61 Å². The molecule has 0 aliphatic heterocycles. The maximum atomic E-state index is 11.7. The third kappa shape index (κ3) is 13.2. The van der Waals surface area contributed by atoms with E-state index in [1.54, 1.807) is 0 Å². The zero-order chi connectivity index (χ0) is 13.1. The van der Waals surface area contributed by atoms with E-state index < -0.39 is 13.0 Å². The predicted molar refractivity (Wildman–Crippen MR) is 62.2 cm³/mol. The Morgan fingerprint density at radius 2 is 2.00 bits per heavy atom. The quantitative estimate of drug-likeness (QED) is 0.574. The van der Waals surface area contributed by atoms with Crippen LogP contribution in [-0.2, 0) is 9.53 Å². The molecule has 0 aromatic carbocycles. The molecule has 1 amide bonds. The molecule has 0 aromatic rings. The monoisotopic (exact) mass is 252 g/mol. The van der Waals surface area contributed by atoms with Crippen molar-refractivity contribution in [3.8, 4) is 0 Å². The highest BCUT2D eigenvalue weighted by Crippen LogP contribution is 1.92. The van der Waals surface area contributed by atoms with Gasteiger partial charge in [0.15, 0.2) is 0 Å². The summed E-state index contributed by atoms with van der Waals surface area (Å²) in [5, 5.41) is 5.81. The molecule has 0 radical (unpaired) electrons. The Kier molecular flexibility index (Phi) is 9.95. The van der Waals surface area contributed by atoms with E-state index in [1.807, 2.05) is 13.8 Å². The van der Waals surface area contributed by atoms with Crippen LogP contribution in [0.3, 0.4) is 0 Å². The average Bonchev–Trinajstić information content (AvgIpc) is 2.23. The van der Waals surface area contributed by atoms with Crippen LogP contribution in [0.25, 0.3) is 0 Å². The maximum Gasteiger partial charge on any atom is 0.261 e. The second-order valence-corrected chi connectivity index (χ2v) is 4.03. The normalized spacial score (nSPS) is 11.2. The van der Waals surface area contributed by atoms with E-state index in [9.17, 15) is 13.6 Å². The van der Waals surface area contributed by atoms with Crippen molar-refractivity contribution >= 4 is 5.91 Å². The van der Waals surface area contributed by atoms with Crippen LogP contribution in [0.2, 0.25) is 0 Å². The molecule has 0 aliphatic rings. The largest absolute Gasteiger partial charge is 0.374 e. The number of halogens is 2. The lowest BCUT2D eigenvalue weighted by Gasteiger charge is -2.08. The smallest absolute Gasteiger partial charge is 0.261 e. The lowest BCUT2D eigenvalue weighted by molar-refractivity contribution is -0.121. The molecule has 0 bridgehead atoms. The lowest BCUT2D eigenvalue weighted by atomic mass is 10.2. The first-order chi connectivity index (χ1) is 8.02. The van der Waals surface area contributed by atoms with E-state index >= 15 is 0 Å². The van der Waals surface area contributed by atoms with Gasteiger partial charge in [-0.3, -0.25) is 4.79 Å². The minimum Gasteiger partial charge on any atom is -0.374 e. The van der Waals surface area contributed by atoms with Gasteiger partial charge in [-0.1, -0.05) is 13.8 Å². The van der Waals surface area contributed by atoms with Gasteiger partial charge in [-0.15, -0.1) is 0 Å². The zero-order valence-corrected chi connectivity index (χ0v) is 10.5. The SMILES string of the molecule is CC(C)NCCCC(=O)NCCOCC(F)F. The van der Waals surface area contributed by atoms with Crippen LogP contribution in [0.1, 0.15) is 26.7 Å². The number of hydrogen-bond acceptors (Lipinski definition) is 3. The number of alkyl halides is 2. The summed E-state index contributed by atoms with van der Waals surface area (Å²) >= 11 is 0. The lowest BCUT2D eigenvalue weighted by Crippen LogP contribution is -2.29. The third-order valence-corrected chi connectivity index (χ3v) is 1.95. The molecule has 0 rings (SSSR count). The van der Waals surface area contributed by atoms with Crippen molar-refractivity contribution in [3.05, 3.63) is 0 Å². The van der Waals surface area contributed by atoms with Gasteiger partial charge >= 0.3 is 0 Å². The number of hydrogen-bond donors (Lipinski definition) is 2. The van der Waals surface area contributed by atoms with Crippen LogP contribution in [0.15, 0.2) is 0 Å². The summed E-state index contributed by atoms with van der Waals surface area (Å²) in [6.07, 6.45) is -1.25. The van der Waals surface area contributed by atoms with Crippen molar-refractivity contribution < 1.29 is 18.3 Å². The van der Waals surface area contributed by atoms with Crippen molar-refractivity contribution in [2.45, 2.75) is 39.2 Å². The Hall–Kier alpha value is -0.750. The van der Waals surface area contributed by atoms with Crippen molar-refractivity contribution in [2.75, 3.05) is 26.3 Å². The third-order valence-electron chi connectivity index (χ3n) is 1.95. The molecule has 17 heavy (non-hydrogen) atoms. The van der Waals surface area contributed by atoms with Crippen LogP contribution < -0.4 is 10.6 Å². The van der Waals surface area contributed by atoms with Gasteiger partial charge in [0, 0.05) is 19.0 Å². The average molecular weight is 252 g/mol. The summed E-state index contributed by atoms with van der Waals surface area (Å²) in [5.74, 6) is -0.0730. The number of carbonyl (C=O) groups excluding carboxylic acids is 1. The van der Waals surface area contributed by atoms with Crippen LogP contribution in [0.5, 0.6) is 0 Å². The summed E-state index contributed by atoms with van der Waals surface area (Å²) in [5.41, 5.74) is 0. The Morgan fingerprint density at radius 1 is 1.29 bits per heavy atom. The first kappa shape index (κ1) is 16.2. The summed E-state index contributed by atoms with van der Waals surface area (Å²) in [4.78, 5) is 11.2. The summed E-state index contributed by atoms with van der Waals surface area (Å²) < 4.78 is 28.0.